The van der Waals surface area contributed by atoms with E-state index in [1.807, 2.05) is 6.26 Å². The lowest BCUT2D eigenvalue weighted by atomic mass is 10.1. The molecule has 1 aromatic heterocycles. The van der Waals surface area contributed by atoms with E-state index in [9.17, 15) is 10.1 Å². The van der Waals surface area contributed by atoms with Gasteiger partial charge in [-0.05, 0) is 24.5 Å². The SMILES string of the molecule is CO/C=C(/C(=O)OC)c1ccccc1Oc1cc(Oc2ccccc2C#N)nc(SC)n1. The summed E-state index contributed by atoms with van der Waals surface area (Å²) in [5.74, 6) is 0.550. The lowest BCUT2D eigenvalue weighted by Gasteiger charge is -2.13. The molecule has 0 amide bonds. The fraction of sp³-hybridized carbons (Fsp3) is 0.130. The second-order valence-electron chi connectivity index (χ2n) is 6.10. The summed E-state index contributed by atoms with van der Waals surface area (Å²) in [6.45, 7) is 0. The maximum absolute atomic E-state index is 12.2. The molecular formula is C23H19N3O5S. The van der Waals surface area contributed by atoms with Crippen molar-refractivity contribution < 1.29 is 23.7 Å². The first-order valence-electron chi connectivity index (χ1n) is 9.28. The number of esters is 1. The van der Waals surface area contributed by atoms with Crippen LogP contribution in [0.4, 0.5) is 0 Å². The molecule has 1 heterocycles. The Morgan fingerprint density at radius 1 is 1.00 bits per heavy atom. The molecule has 0 atom stereocenters. The van der Waals surface area contributed by atoms with Gasteiger partial charge in [-0.15, -0.1) is 0 Å². The molecule has 0 N–H and O–H groups in total. The number of nitrogens with zero attached hydrogens (tertiary/aromatic N) is 3. The summed E-state index contributed by atoms with van der Waals surface area (Å²) in [5.41, 5.74) is 1.02. The van der Waals surface area contributed by atoms with E-state index in [-0.39, 0.29) is 17.3 Å². The number of aromatic nitrogens is 2. The third-order valence-corrected chi connectivity index (χ3v) is 4.64. The van der Waals surface area contributed by atoms with Gasteiger partial charge in [0.25, 0.3) is 0 Å². The molecule has 2 aromatic carbocycles. The van der Waals surface area contributed by atoms with Gasteiger partial charge in [0, 0.05) is 5.56 Å². The Kier molecular flexibility index (Phi) is 7.67. The van der Waals surface area contributed by atoms with Gasteiger partial charge in [0.15, 0.2) is 5.16 Å². The van der Waals surface area contributed by atoms with Crippen molar-refractivity contribution in [2.75, 3.05) is 20.5 Å². The molecule has 162 valence electrons. The van der Waals surface area contributed by atoms with Crippen LogP contribution in [-0.2, 0) is 14.3 Å². The molecule has 0 bridgehead atoms. The monoisotopic (exact) mass is 449 g/mol. The molecule has 32 heavy (non-hydrogen) atoms. The van der Waals surface area contributed by atoms with Crippen LogP contribution in [-0.4, -0.2) is 36.4 Å². The molecule has 0 aliphatic carbocycles. The van der Waals surface area contributed by atoms with Crippen LogP contribution in [0.15, 0.2) is 66.0 Å². The standard InChI is InChI=1S/C23H19N3O5S/c1-28-14-17(22(27)29-2)16-9-5-7-11-19(16)31-21-12-20(25-23(26-21)32-3)30-18-10-6-4-8-15(18)13-24/h4-12,14H,1-3H3/b17-14+. The minimum Gasteiger partial charge on any atom is -0.503 e. The predicted molar refractivity (Wildman–Crippen MR) is 119 cm³/mol. The number of rotatable bonds is 8. The molecule has 0 fully saturated rings. The van der Waals surface area contributed by atoms with Gasteiger partial charge in [-0.1, -0.05) is 42.1 Å². The highest BCUT2D eigenvalue weighted by Crippen LogP contribution is 2.33. The Bertz CT molecular complexity index is 1190. The smallest absolute Gasteiger partial charge is 0.341 e. The van der Waals surface area contributed by atoms with E-state index in [4.69, 9.17) is 18.9 Å². The largest absolute Gasteiger partial charge is 0.503 e. The fourth-order valence-corrected chi connectivity index (χ4v) is 3.04. The molecular weight excluding hydrogens is 430 g/mol. The lowest BCUT2D eigenvalue weighted by Crippen LogP contribution is -2.06. The number of methoxy groups -OCH3 is 2. The maximum Gasteiger partial charge on any atom is 0.341 e. The third-order valence-electron chi connectivity index (χ3n) is 4.10. The molecule has 3 rings (SSSR count). The van der Waals surface area contributed by atoms with Gasteiger partial charge < -0.3 is 18.9 Å². The fourth-order valence-electron chi connectivity index (χ4n) is 2.68. The van der Waals surface area contributed by atoms with Gasteiger partial charge in [0.05, 0.1) is 32.1 Å². The normalized spacial score (nSPS) is 10.8. The van der Waals surface area contributed by atoms with Crippen LogP contribution in [0.3, 0.4) is 0 Å². The number of para-hydroxylation sites is 2. The zero-order valence-corrected chi connectivity index (χ0v) is 18.4. The Hall–Kier alpha value is -4.03. The van der Waals surface area contributed by atoms with Crippen molar-refractivity contribution in [3.63, 3.8) is 0 Å². The van der Waals surface area contributed by atoms with Gasteiger partial charge in [0.1, 0.15) is 23.1 Å². The highest BCUT2D eigenvalue weighted by atomic mass is 32.2. The summed E-state index contributed by atoms with van der Waals surface area (Å²) in [6.07, 6.45) is 3.10. The van der Waals surface area contributed by atoms with Crippen LogP contribution in [0.1, 0.15) is 11.1 Å². The van der Waals surface area contributed by atoms with Crippen molar-refractivity contribution in [2.45, 2.75) is 5.16 Å². The van der Waals surface area contributed by atoms with E-state index >= 15 is 0 Å². The molecule has 0 saturated heterocycles. The van der Waals surface area contributed by atoms with Crippen LogP contribution < -0.4 is 9.47 Å². The van der Waals surface area contributed by atoms with E-state index in [1.165, 1.54) is 38.3 Å². The molecule has 0 radical (unpaired) electrons. The zero-order chi connectivity index (χ0) is 22.9. The summed E-state index contributed by atoms with van der Waals surface area (Å²) in [6, 6.07) is 17.3. The second kappa shape index (κ2) is 10.8. The number of carbonyl (C=O) groups is 1. The predicted octanol–water partition coefficient (Wildman–Crippen LogP) is 4.82. The summed E-state index contributed by atoms with van der Waals surface area (Å²) in [4.78, 5) is 20.9. The Morgan fingerprint density at radius 3 is 2.25 bits per heavy atom. The summed E-state index contributed by atoms with van der Waals surface area (Å²) in [5, 5.41) is 9.70. The number of carbonyl (C=O) groups excluding carboxylic acids is 1. The highest BCUT2D eigenvalue weighted by molar-refractivity contribution is 7.98. The van der Waals surface area contributed by atoms with Crippen molar-refractivity contribution in [1.82, 2.24) is 9.97 Å². The van der Waals surface area contributed by atoms with Gasteiger partial charge in [-0.3, -0.25) is 0 Å². The summed E-state index contributed by atoms with van der Waals surface area (Å²) < 4.78 is 21.7. The van der Waals surface area contributed by atoms with Gasteiger partial charge in [0.2, 0.25) is 11.8 Å². The van der Waals surface area contributed by atoms with Gasteiger partial charge in [-0.2, -0.15) is 15.2 Å². The van der Waals surface area contributed by atoms with E-state index < -0.39 is 5.97 Å². The van der Waals surface area contributed by atoms with E-state index in [0.717, 1.165) is 0 Å². The Labute approximate surface area is 189 Å². The first-order valence-corrected chi connectivity index (χ1v) is 10.5. The molecule has 0 aliphatic rings. The van der Waals surface area contributed by atoms with Crippen LogP contribution >= 0.6 is 11.8 Å². The maximum atomic E-state index is 12.2. The number of ether oxygens (including phenoxy) is 4. The average Bonchev–Trinajstić information content (AvgIpc) is 2.82. The third kappa shape index (κ3) is 5.36. The van der Waals surface area contributed by atoms with Crippen LogP contribution in [0.5, 0.6) is 23.3 Å². The topological polar surface area (TPSA) is 104 Å². The van der Waals surface area contributed by atoms with Crippen molar-refractivity contribution in [3.05, 3.63) is 72.0 Å². The van der Waals surface area contributed by atoms with Crippen molar-refractivity contribution in [2.24, 2.45) is 0 Å². The first-order chi connectivity index (χ1) is 15.6. The Morgan fingerprint density at radius 2 is 1.62 bits per heavy atom. The minimum atomic E-state index is -0.576. The Balaban J connectivity index is 1.98. The van der Waals surface area contributed by atoms with E-state index in [0.29, 0.717) is 27.8 Å². The van der Waals surface area contributed by atoms with Crippen LogP contribution in [0.2, 0.25) is 0 Å². The number of benzene rings is 2. The minimum absolute atomic E-state index is 0.184. The molecule has 8 nitrogen and oxygen atoms in total. The molecule has 0 saturated carbocycles. The van der Waals surface area contributed by atoms with E-state index in [1.54, 1.807) is 48.5 Å². The quantitative estimate of drug-likeness (QED) is 0.157. The molecule has 0 spiro atoms. The summed E-state index contributed by atoms with van der Waals surface area (Å²) in [7, 11) is 2.72. The highest BCUT2D eigenvalue weighted by Gasteiger charge is 2.19. The number of thioether (sulfide) groups is 1. The number of hydrogen-bond acceptors (Lipinski definition) is 9. The average molecular weight is 449 g/mol. The van der Waals surface area contributed by atoms with Crippen LogP contribution in [0, 0.1) is 11.3 Å². The van der Waals surface area contributed by atoms with Crippen molar-refractivity contribution >= 4 is 23.3 Å². The number of nitriles is 1. The molecule has 0 unspecified atom stereocenters. The van der Waals surface area contributed by atoms with Crippen molar-refractivity contribution in [3.8, 4) is 29.3 Å². The first kappa shape index (κ1) is 22.7. The van der Waals surface area contributed by atoms with Crippen LogP contribution in [0.25, 0.3) is 5.57 Å². The molecule has 0 aliphatic heterocycles. The molecule has 9 heteroatoms. The number of hydrogen-bond donors (Lipinski definition) is 0. The van der Waals surface area contributed by atoms with Gasteiger partial charge >= 0.3 is 5.97 Å². The van der Waals surface area contributed by atoms with Crippen molar-refractivity contribution in [1.29, 1.82) is 5.26 Å². The molecule has 3 aromatic rings. The zero-order valence-electron chi connectivity index (χ0n) is 17.6. The van der Waals surface area contributed by atoms with E-state index in [2.05, 4.69) is 16.0 Å². The second-order valence-corrected chi connectivity index (χ2v) is 6.87. The van der Waals surface area contributed by atoms with Gasteiger partial charge in [-0.25, -0.2) is 4.79 Å². The lowest BCUT2D eigenvalue weighted by molar-refractivity contribution is -0.133. The summed E-state index contributed by atoms with van der Waals surface area (Å²) >= 11 is 1.30.